The molecule has 1 heterocycles. The van der Waals surface area contributed by atoms with E-state index in [1.807, 2.05) is 0 Å². The fraction of sp³-hybridized carbons (Fsp3) is 0.323. The highest BCUT2D eigenvalue weighted by molar-refractivity contribution is 6.97. The molecule has 0 aromatic heterocycles. The maximum atomic E-state index is 6.92. The van der Waals surface area contributed by atoms with E-state index in [0.717, 1.165) is 28.4 Å². The summed E-state index contributed by atoms with van der Waals surface area (Å²) in [5.74, 6) is 2.98. The molecule has 0 amide bonds. The van der Waals surface area contributed by atoms with Gasteiger partial charge in [-0.05, 0) is 122 Å². The van der Waals surface area contributed by atoms with Gasteiger partial charge in [0.05, 0.1) is 0 Å². The summed E-state index contributed by atoms with van der Waals surface area (Å²) in [7, 11) is 0. The molecule has 0 aliphatic carbocycles. The topological polar surface area (TPSA) is 21.3 Å². The smallest absolute Gasteiger partial charge is 0.251 e. The van der Waals surface area contributed by atoms with Crippen LogP contribution in [-0.2, 0) is 10.8 Å². The molecule has 334 valence electrons. The number of para-hydroxylation sites is 1. The van der Waals surface area contributed by atoms with Crippen LogP contribution in [0.15, 0.2) is 163 Å². The van der Waals surface area contributed by atoms with Crippen molar-refractivity contribution in [2.24, 2.45) is 5.41 Å². The van der Waals surface area contributed by atoms with Crippen molar-refractivity contribution in [1.29, 1.82) is 0 Å². The SMILES string of the molecule is C=C(/C=C\C(C)=C\[C@](C)(c1cc(C(C)(C)C)ccc1Nc1ccc2c(c1)Oc1ccccc1B2c1c(C(C)C)cc(C(C)C)cc1C(C)C)c1ccccc1-c1ccccc1)C(C)(C)C. The lowest BCUT2D eigenvalue weighted by molar-refractivity contribution is 0.487. The molecule has 0 fully saturated rings. The summed E-state index contributed by atoms with van der Waals surface area (Å²) in [5, 5.41) is 4.00. The Hall–Kier alpha value is -5.80. The minimum absolute atomic E-state index is 0.0232. The van der Waals surface area contributed by atoms with Crippen molar-refractivity contribution in [3.05, 3.63) is 197 Å². The summed E-state index contributed by atoms with van der Waals surface area (Å²) in [4.78, 5) is 0. The van der Waals surface area contributed by atoms with Crippen molar-refractivity contribution in [2.45, 2.75) is 126 Å². The first kappa shape index (κ1) is 47.2. The van der Waals surface area contributed by atoms with Gasteiger partial charge in [0.15, 0.2) is 0 Å². The normalized spacial score (nSPS) is 14.1. The minimum atomic E-state index is -0.565. The molecule has 2 nitrogen and oxygen atoms in total. The maximum Gasteiger partial charge on any atom is 0.251 e. The first-order valence-corrected chi connectivity index (χ1v) is 23.9. The largest absolute Gasteiger partial charge is 0.458 e. The Bertz CT molecular complexity index is 2720. The van der Waals surface area contributed by atoms with Gasteiger partial charge in [0.1, 0.15) is 11.5 Å². The third kappa shape index (κ3) is 9.91. The lowest BCUT2D eigenvalue weighted by Gasteiger charge is -2.35. The second kappa shape index (κ2) is 18.6. The number of fused-ring (bicyclic) bond motifs is 2. The van der Waals surface area contributed by atoms with Crippen LogP contribution in [0.4, 0.5) is 11.4 Å². The summed E-state index contributed by atoms with van der Waals surface area (Å²) in [5.41, 5.74) is 17.9. The van der Waals surface area contributed by atoms with Crippen LogP contribution in [0.5, 0.6) is 11.5 Å². The monoisotopic (exact) mass is 858 g/mol. The van der Waals surface area contributed by atoms with E-state index in [1.165, 1.54) is 66.5 Å². The molecular weight excluding hydrogens is 785 g/mol. The van der Waals surface area contributed by atoms with Crippen molar-refractivity contribution in [3.63, 3.8) is 0 Å². The third-order valence-corrected chi connectivity index (χ3v) is 13.6. The summed E-state index contributed by atoms with van der Waals surface area (Å²) in [6.45, 7) is 36.6. The molecule has 65 heavy (non-hydrogen) atoms. The number of anilines is 2. The number of rotatable bonds is 12. The number of hydrogen-bond donors (Lipinski definition) is 1. The number of nitrogens with one attached hydrogen (secondary N) is 1. The third-order valence-electron chi connectivity index (χ3n) is 13.6. The number of allylic oxidation sites excluding steroid dienone is 5. The zero-order valence-corrected chi connectivity index (χ0v) is 41.8. The quantitative estimate of drug-likeness (QED) is 0.0976. The predicted octanol–water partition coefficient (Wildman–Crippen LogP) is 15.8. The van der Waals surface area contributed by atoms with E-state index in [-0.39, 0.29) is 17.5 Å². The van der Waals surface area contributed by atoms with E-state index in [0.29, 0.717) is 17.8 Å². The molecule has 6 aromatic rings. The molecule has 0 bridgehead atoms. The zero-order chi connectivity index (χ0) is 47.0. The van der Waals surface area contributed by atoms with Gasteiger partial charge in [0.2, 0.25) is 0 Å². The van der Waals surface area contributed by atoms with Gasteiger partial charge in [-0.2, -0.15) is 0 Å². The molecule has 1 aliphatic rings. The Morgan fingerprint density at radius 1 is 0.615 bits per heavy atom. The highest BCUT2D eigenvalue weighted by Gasteiger charge is 2.37. The zero-order valence-electron chi connectivity index (χ0n) is 41.8. The average Bonchev–Trinajstić information content (AvgIpc) is 3.26. The van der Waals surface area contributed by atoms with Crippen LogP contribution in [0.2, 0.25) is 0 Å². The number of benzene rings is 6. The van der Waals surface area contributed by atoms with Crippen LogP contribution >= 0.6 is 0 Å². The molecule has 1 atom stereocenters. The second-order valence-electron chi connectivity index (χ2n) is 21.6. The van der Waals surface area contributed by atoms with Crippen LogP contribution in [0.25, 0.3) is 11.1 Å². The van der Waals surface area contributed by atoms with Gasteiger partial charge in [-0.3, -0.25) is 0 Å². The van der Waals surface area contributed by atoms with Crippen LogP contribution in [0, 0.1) is 5.41 Å². The standard InChI is InChI=1S/C62H72BNO/c1-40(2)46-35-50(41(3)4)59(51(36-46)42(5)6)63-54-27-21-22-28-57(54)65-58-38-48(32-33-55(58)63)64-56-34-31-47(61(12,13)14)37-53(56)62(15,39-43(7)29-30-44(8)60(9,10)11)52-26-20-19-25-49(52)45-23-17-16-18-24-45/h16-42,64H,8H2,1-7,9-15H3/b30-29-,43-39+/t62-/m0/s1. The van der Waals surface area contributed by atoms with Crippen molar-refractivity contribution in [1.82, 2.24) is 0 Å². The Kier molecular flexibility index (Phi) is 13.5. The molecular formula is C62H72BNO. The van der Waals surface area contributed by atoms with E-state index < -0.39 is 5.41 Å². The molecule has 3 heteroatoms. The molecule has 1 aliphatic heterocycles. The van der Waals surface area contributed by atoms with Crippen LogP contribution in [0.3, 0.4) is 0 Å². The van der Waals surface area contributed by atoms with Crippen LogP contribution < -0.4 is 26.4 Å². The molecule has 0 radical (unpaired) electrons. The van der Waals surface area contributed by atoms with Crippen molar-refractivity contribution in [3.8, 4) is 22.6 Å². The van der Waals surface area contributed by atoms with Gasteiger partial charge in [0.25, 0.3) is 6.71 Å². The van der Waals surface area contributed by atoms with E-state index >= 15 is 0 Å². The number of ether oxygens (including phenoxy) is 1. The van der Waals surface area contributed by atoms with E-state index in [2.05, 4.69) is 254 Å². The predicted molar refractivity (Wildman–Crippen MR) is 285 cm³/mol. The maximum absolute atomic E-state index is 6.92. The average molecular weight is 858 g/mol. The van der Waals surface area contributed by atoms with Gasteiger partial charge in [-0.15, -0.1) is 0 Å². The molecule has 0 unspecified atom stereocenters. The summed E-state index contributed by atoms with van der Waals surface area (Å²) >= 11 is 0. The van der Waals surface area contributed by atoms with Crippen LogP contribution in [0.1, 0.15) is 148 Å². The lowest BCUT2D eigenvalue weighted by Crippen LogP contribution is -2.57. The highest BCUT2D eigenvalue weighted by Crippen LogP contribution is 2.46. The fourth-order valence-electron chi connectivity index (χ4n) is 9.49. The van der Waals surface area contributed by atoms with Gasteiger partial charge in [0, 0.05) is 22.9 Å². The second-order valence-corrected chi connectivity index (χ2v) is 21.6. The molecule has 0 spiro atoms. The molecule has 0 saturated carbocycles. The Morgan fingerprint density at radius 3 is 1.86 bits per heavy atom. The van der Waals surface area contributed by atoms with Crippen molar-refractivity contribution >= 4 is 34.5 Å². The minimum Gasteiger partial charge on any atom is -0.458 e. The summed E-state index contributed by atoms with van der Waals surface area (Å²) in [6, 6.07) is 47.2. The highest BCUT2D eigenvalue weighted by atomic mass is 16.5. The number of hydrogen-bond acceptors (Lipinski definition) is 2. The Labute approximate surface area is 393 Å². The van der Waals surface area contributed by atoms with Gasteiger partial charge < -0.3 is 10.1 Å². The van der Waals surface area contributed by atoms with Crippen molar-refractivity contribution in [2.75, 3.05) is 5.32 Å². The Morgan fingerprint density at radius 2 is 1.23 bits per heavy atom. The molecule has 0 saturated heterocycles. The van der Waals surface area contributed by atoms with Gasteiger partial charge in [-0.1, -0.05) is 222 Å². The summed E-state index contributed by atoms with van der Waals surface area (Å²) < 4.78 is 6.92. The lowest BCUT2D eigenvalue weighted by atomic mass is 9.34. The van der Waals surface area contributed by atoms with Gasteiger partial charge >= 0.3 is 0 Å². The van der Waals surface area contributed by atoms with E-state index in [4.69, 9.17) is 4.74 Å². The molecule has 1 N–H and O–H groups in total. The fourth-order valence-corrected chi connectivity index (χ4v) is 9.49. The Balaban J connectivity index is 1.43. The van der Waals surface area contributed by atoms with E-state index in [9.17, 15) is 0 Å². The van der Waals surface area contributed by atoms with Crippen molar-refractivity contribution < 1.29 is 4.74 Å². The van der Waals surface area contributed by atoms with Crippen LogP contribution in [-0.4, -0.2) is 6.71 Å². The summed E-state index contributed by atoms with van der Waals surface area (Å²) in [6.07, 6.45) is 6.87. The molecule has 6 aromatic carbocycles. The first-order valence-electron chi connectivity index (χ1n) is 23.9. The van der Waals surface area contributed by atoms with Gasteiger partial charge in [-0.25, -0.2) is 0 Å². The van der Waals surface area contributed by atoms with E-state index in [1.54, 1.807) is 0 Å². The first-order chi connectivity index (χ1) is 30.7. The molecule has 7 rings (SSSR count).